The van der Waals surface area contributed by atoms with Gasteiger partial charge in [0, 0.05) is 0 Å². The fourth-order valence-corrected chi connectivity index (χ4v) is 1.45. The maximum absolute atomic E-state index is 13.0. The molecule has 15 heavy (non-hydrogen) atoms. The van der Waals surface area contributed by atoms with Gasteiger partial charge in [0.05, 0.1) is 9.76 Å². The van der Waals surface area contributed by atoms with Crippen molar-refractivity contribution in [1.29, 1.82) is 0 Å². The molecule has 0 bridgehead atoms. The van der Waals surface area contributed by atoms with Gasteiger partial charge in [0.1, 0.15) is 0 Å². The van der Waals surface area contributed by atoms with Crippen molar-refractivity contribution in [3.8, 4) is 0 Å². The van der Waals surface area contributed by atoms with E-state index in [1.54, 1.807) is 0 Å². The highest BCUT2D eigenvalue weighted by molar-refractivity contribution is 8.23. The van der Waals surface area contributed by atoms with Crippen molar-refractivity contribution in [2.75, 3.05) is 6.26 Å². The molecule has 0 amide bonds. The van der Waals surface area contributed by atoms with E-state index < -0.39 is 34.6 Å². The third-order valence-corrected chi connectivity index (χ3v) is 2.88. The summed E-state index contributed by atoms with van der Waals surface area (Å²) in [7, 11) is 0. The summed E-state index contributed by atoms with van der Waals surface area (Å²) in [5.74, 6) is -9.95. The maximum Gasteiger partial charge on any atom is 0.200 e. The Morgan fingerprint density at radius 2 is 1.20 bits per heavy atom. The van der Waals surface area contributed by atoms with Gasteiger partial charge in [-0.1, -0.05) is 12.2 Å². The Hall–Kier alpha value is -0.690. The van der Waals surface area contributed by atoms with E-state index in [-0.39, 0.29) is 4.20 Å². The van der Waals surface area contributed by atoms with E-state index in [0.717, 1.165) is 11.8 Å². The quantitative estimate of drug-likeness (QED) is 0.327. The highest BCUT2D eigenvalue weighted by atomic mass is 32.2. The first-order valence-electron chi connectivity index (χ1n) is 3.51. The van der Waals surface area contributed by atoms with Crippen LogP contribution in [0, 0.1) is 29.1 Å². The van der Waals surface area contributed by atoms with Crippen molar-refractivity contribution >= 4 is 28.2 Å². The number of hydrogen-bond acceptors (Lipinski definition) is 2. The number of benzene rings is 1. The molecule has 0 heterocycles. The maximum atomic E-state index is 13.0. The average molecular weight is 258 g/mol. The third-order valence-electron chi connectivity index (χ3n) is 1.60. The zero-order valence-corrected chi connectivity index (χ0v) is 8.84. The Bertz CT molecular complexity index is 401. The molecule has 1 rings (SSSR count). The lowest BCUT2D eigenvalue weighted by Crippen LogP contribution is -2.09. The van der Waals surface area contributed by atoms with Crippen LogP contribution < -0.4 is 0 Å². The summed E-state index contributed by atoms with van der Waals surface area (Å²) < 4.78 is 63.6. The van der Waals surface area contributed by atoms with Gasteiger partial charge < -0.3 is 0 Å². The van der Waals surface area contributed by atoms with Crippen molar-refractivity contribution in [3.63, 3.8) is 0 Å². The molecule has 0 aromatic heterocycles. The Morgan fingerprint density at radius 3 is 1.53 bits per heavy atom. The molecule has 0 fully saturated rings. The lowest BCUT2D eigenvalue weighted by atomic mass is 10.2. The van der Waals surface area contributed by atoms with Gasteiger partial charge in [0.15, 0.2) is 23.3 Å². The lowest BCUT2D eigenvalue weighted by Gasteiger charge is -2.07. The second kappa shape index (κ2) is 4.44. The summed E-state index contributed by atoms with van der Waals surface area (Å²) in [5.41, 5.74) is -1.05. The van der Waals surface area contributed by atoms with Crippen LogP contribution in [0.2, 0.25) is 0 Å². The molecule has 0 saturated carbocycles. The number of thiocarbonyl (C=S) groups is 1. The van der Waals surface area contributed by atoms with Crippen LogP contribution >= 0.6 is 24.0 Å². The van der Waals surface area contributed by atoms with Crippen molar-refractivity contribution < 1.29 is 22.0 Å². The summed E-state index contributed by atoms with van der Waals surface area (Å²) in [6.07, 6.45) is 1.38. The summed E-state index contributed by atoms with van der Waals surface area (Å²) in [6, 6.07) is 0. The monoisotopic (exact) mass is 258 g/mol. The molecular formula is C8H3F5S2. The van der Waals surface area contributed by atoms with E-state index >= 15 is 0 Å². The highest BCUT2D eigenvalue weighted by Gasteiger charge is 2.27. The van der Waals surface area contributed by atoms with E-state index in [2.05, 4.69) is 12.2 Å². The minimum atomic E-state index is -2.18. The lowest BCUT2D eigenvalue weighted by molar-refractivity contribution is 0.377. The molecule has 0 N–H and O–H groups in total. The minimum absolute atomic E-state index is 0.386. The summed E-state index contributed by atoms with van der Waals surface area (Å²) >= 11 is 5.21. The number of hydrogen-bond donors (Lipinski definition) is 0. The van der Waals surface area contributed by atoms with Crippen LogP contribution in [-0.4, -0.2) is 10.5 Å². The van der Waals surface area contributed by atoms with Gasteiger partial charge in [-0.25, -0.2) is 22.0 Å². The smallest absolute Gasteiger partial charge is 0.200 e. The van der Waals surface area contributed by atoms with E-state index in [4.69, 9.17) is 0 Å². The largest absolute Gasteiger partial charge is 0.203 e. The molecule has 0 atom stereocenters. The molecule has 0 unspecified atom stereocenters. The van der Waals surface area contributed by atoms with Gasteiger partial charge in [-0.3, -0.25) is 0 Å². The van der Waals surface area contributed by atoms with E-state index in [1.165, 1.54) is 6.26 Å². The van der Waals surface area contributed by atoms with Crippen LogP contribution in [0.15, 0.2) is 0 Å². The molecule has 0 aliphatic rings. The first-order chi connectivity index (χ1) is 6.91. The van der Waals surface area contributed by atoms with Crippen molar-refractivity contribution in [2.24, 2.45) is 0 Å². The van der Waals surface area contributed by atoms with Crippen molar-refractivity contribution in [2.45, 2.75) is 0 Å². The van der Waals surface area contributed by atoms with E-state index in [9.17, 15) is 22.0 Å². The van der Waals surface area contributed by atoms with Crippen molar-refractivity contribution in [1.82, 2.24) is 0 Å². The van der Waals surface area contributed by atoms with Crippen LogP contribution in [0.1, 0.15) is 5.56 Å². The molecule has 0 radical (unpaired) electrons. The van der Waals surface area contributed by atoms with Crippen LogP contribution in [0.25, 0.3) is 0 Å². The van der Waals surface area contributed by atoms with Gasteiger partial charge in [0.25, 0.3) is 0 Å². The van der Waals surface area contributed by atoms with Crippen LogP contribution in [0.4, 0.5) is 22.0 Å². The van der Waals surface area contributed by atoms with Crippen LogP contribution in [-0.2, 0) is 0 Å². The Labute approximate surface area is 91.5 Å². The molecule has 0 spiro atoms. The van der Waals surface area contributed by atoms with Crippen LogP contribution in [0.3, 0.4) is 0 Å². The zero-order chi connectivity index (χ0) is 11.7. The molecule has 0 saturated heterocycles. The van der Waals surface area contributed by atoms with Gasteiger partial charge >= 0.3 is 0 Å². The summed E-state index contributed by atoms with van der Waals surface area (Å²) in [5, 5.41) is 0. The standard InChI is InChI=1S/C8H3F5S2/c1-15-8(14)2-3(9)5(11)7(13)6(12)4(2)10/h1H3. The summed E-state index contributed by atoms with van der Waals surface area (Å²) in [4.78, 5) is 0. The van der Waals surface area contributed by atoms with E-state index in [0.29, 0.717) is 0 Å². The van der Waals surface area contributed by atoms with Crippen molar-refractivity contribution in [3.05, 3.63) is 34.6 Å². The van der Waals surface area contributed by atoms with Gasteiger partial charge in [-0.15, -0.1) is 11.8 Å². The number of thioether (sulfide) groups is 1. The predicted molar refractivity (Wildman–Crippen MR) is 51.4 cm³/mol. The van der Waals surface area contributed by atoms with Crippen LogP contribution in [0.5, 0.6) is 0 Å². The predicted octanol–water partition coefficient (Wildman–Crippen LogP) is 3.42. The minimum Gasteiger partial charge on any atom is -0.203 e. The Morgan fingerprint density at radius 1 is 0.867 bits per heavy atom. The number of halogens is 5. The second-order valence-corrected chi connectivity index (χ2v) is 3.92. The van der Waals surface area contributed by atoms with Gasteiger partial charge in [0.2, 0.25) is 5.82 Å². The van der Waals surface area contributed by atoms with E-state index in [1.807, 2.05) is 0 Å². The Balaban J connectivity index is 3.60. The van der Waals surface area contributed by atoms with Gasteiger partial charge in [-0.05, 0) is 6.26 Å². The zero-order valence-electron chi connectivity index (χ0n) is 7.21. The third kappa shape index (κ3) is 1.98. The normalized spacial score (nSPS) is 10.5. The first kappa shape index (κ1) is 12.4. The molecule has 0 nitrogen and oxygen atoms in total. The molecular weight excluding hydrogens is 255 g/mol. The second-order valence-electron chi connectivity index (χ2n) is 2.44. The topological polar surface area (TPSA) is 0 Å². The molecule has 1 aromatic carbocycles. The number of rotatable bonds is 1. The highest BCUT2D eigenvalue weighted by Crippen LogP contribution is 2.26. The molecule has 1 aromatic rings. The first-order valence-corrected chi connectivity index (χ1v) is 5.14. The molecule has 82 valence electrons. The fraction of sp³-hybridized carbons (Fsp3) is 0.125. The summed E-state index contributed by atoms with van der Waals surface area (Å²) in [6.45, 7) is 0. The Kier molecular flexibility index (Phi) is 3.67. The molecule has 7 heteroatoms. The SMILES string of the molecule is CSC(=S)c1c(F)c(F)c(F)c(F)c1F. The average Bonchev–Trinajstić information content (AvgIpc) is 2.23. The van der Waals surface area contributed by atoms with Gasteiger partial charge in [-0.2, -0.15) is 0 Å². The fourth-order valence-electron chi connectivity index (χ4n) is 0.886. The molecule has 0 aliphatic carbocycles. The molecule has 0 aliphatic heterocycles.